The Labute approximate surface area is 119 Å². The van der Waals surface area contributed by atoms with Crippen LogP contribution in [0.3, 0.4) is 0 Å². The lowest BCUT2D eigenvalue weighted by Crippen LogP contribution is -2.49. The lowest BCUT2D eigenvalue weighted by Gasteiger charge is -2.35. The zero-order valence-electron chi connectivity index (χ0n) is 12.7. The van der Waals surface area contributed by atoms with Crippen LogP contribution in [0.1, 0.15) is 71.1 Å². The van der Waals surface area contributed by atoms with Crippen LogP contribution in [0.25, 0.3) is 0 Å². The van der Waals surface area contributed by atoms with Crippen LogP contribution < -0.4 is 10.6 Å². The second-order valence-electron chi connectivity index (χ2n) is 7.21. The molecule has 19 heavy (non-hydrogen) atoms. The maximum atomic E-state index is 4.04. The van der Waals surface area contributed by atoms with Crippen LogP contribution >= 0.6 is 0 Å². The molecule has 1 aliphatic heterocycles. The summed E-state index contributed by atoms with van der Waals surface area (Å²) in [6.45, 7) is 3.62. The number of piperidine rings is 1. The first-order chi connectivity index (χ1) is 9.36. The minimum atomic E-state index is 0.793. The number of rotatable bonds is 6. The molecule has 0 aromatic rings. The van der Waals surface area contributed by atoms with Gasteiger partial charge in [-0.3, -0.25) is 0 Å². The normalized spacial score (nSPS) is 37.4. The summed E-state index contributed by atoms with van der Waals surface area (Å²) in [5, 5.41) is 7.84. The van der Waals surface area contributed by atoms with E-state index in [-0.39, 0.29) is 0 Å². The minimum absolute atomic E-state index is 0.793. The van der Waals surface area contributed by atoms with Crippen molar-refractivity contribution < 1.29 is 0 Å². The predicted octanol–water partition coefficient (Wildman–Crippen LogP) is 3.47. The van der Waals surface area contributed by atoms with Gasteiger partial charge in [0, 0.05) is 18.1 Å². The monoisotopic (exact) mass is 264 g/mol. The molecule has 3 aliphatic rings. The van der Waals surface area contributed by atoms with Crippen molar-refractivity contribution in [3.8, 4) is 0 Å². The molecule has 4 unspecified atom stereocenters. The molecule has 3 fully saturated rings. The third-order valence-electron chi connectivity index (χ3n) is 5.69. The van der Waals surface area contributed by atoms with Gasteiger partial charge in [0.1, 0.15) is 0 Å². The van der Waals surface area contributed by atoms with E-state index in [1.807, 2.05) is 0 Å². The van der Waals surface area contributed by atoms with Crippen LogP contribution in [0, 0.1) is 11.8 Å². The van der Waals surface area contributed by atoms with E-state index in [0.717, 1.165) is 30.0 Å². The van der Waals surface area contributed by atoms with Gasteiger partial charge in [0.15, 0.2) is 0 Å². The van der Waals surface area contributed by atoms with Crippen LogP contribution in [0.2, 0.25) is 0 Å². The summed E-state index contributed by atoms with van der Waals surface area (Å²) in [4.78, 5) is 0. The van der Waals surface area contributed by atoms with Gasteiger partial charge in [-0.05, 0) is 56.9 Å². The maximum absolute atomic E-state index is 4.04. The highest BCUT2D eigenvalue weighted by Gasteiger charge is 2.35. The summed E-state index contributed by atoms with van der Waals surface area (Å²) in [6, 6.07) is 2.41. The third kappa shape index (κ3) is 3.72. The molecular formula is C17H32N2. The van der Waals surface area contributed by atoms with Crippen molar-refractivity contribution in [1.29, 1.82) is 0 Å². The van der Waals surface area contributed by atoms with E-state index in [9.17, 15) is 0 Å². The van der Waals surface area contributed by atoms with Crippen LogP contribution in [-0.2, 0) is 0 Å². The largest absolute Gasteiger partial charge is 0.314 e. The van der Waals surface area contributed by atoms with Gasteiger partial charge in [0.25, 0.3) is 0 Å². The molecule has 0 amide bonds. The first kappa shape index (κ1) is 13.9. The van der Waals surface area contributed by atoms with Crippen molar-refractivity contribution in [1.82, 2.24) is 10.6 Å². The lowest BCUT2D eigenvalue weighted by molar-refractivity contribution is 0.240. The topological polar surface area (TPSA) is 24.1 Å². The molecule has 1 saturated heterocycles. The van der Waals surface area contributed by atoms with E-state index >= 15 is 0 Å². The quantitative estimate of drug-likeness (QED) is 0.767. The van der Waals surface area contributed by atoms with Crippen molar-refractivity contribution in [2.24, 2.45) is 11.8 Å². The molecule has 3 rings (SSSR count). The van der Waals surface area contributed by atoms with E-state index < -0.39 is 0 Å². The van der Waals surface area contributed by atoms with E-state index in [1.165, 1.54) is 70.8 Å². The van der Waals surface area contributed by atoms with Gasteiger partial charge in [-0.25, -0.2) is 0 Å². The van der Waals surface area contributed by atoms with Crippen LogP contribution in [-0.4, -0.2) is 24.7 Å². The van der Waals surface area contributed by atoms with E-state index in [2.05, 4.69) is 17.6 Å². The summed E-state index contributed by atoms with van der Waals surface area (Å²) in [5.41, 5.74) is 0. The van der Waals surface area contributed by atoms with Crippen LogP contribution in [0.15, 0.2) is 0 Å². The Morgan fingerprint density at radius 1 is 1.05 bits per heavy atom. The highest BCUT2D eigenvalue weighted by Crippen LogP contribution is 2.36. The van der Waals surface area contributed by atoms with Crippen molar-refractivity contribution >= 4 is 0 Å². The maximum Gasteiger partial charge on any atom is 0.0113 e. The first-order valence-electron chi connectivity index (χ1n) is 8.86. The molecule has 1 heterocycles. The fraction of sp³-hybridized carbons (Fsp3) is 1.00. The van der Waals surface area contributed by atoms with E-state index in [1.54, 1.807) is 0 Å². The lowest BCUT2D eigenvalue weighted by atomic mass is 9.87. The van der Waals surface area contributed by atoms with Gasteiger partial charge in [0.2, 0.25) is 0 Å². The smallest absolute Gasteiger partial charge is 0.0113 e. The zero-order chi connectivity index (χ0) is 13.1. The van der Waals surface area contributed by atoms with Gasteiger partial charge < -0.3 is 10.6 Å². The van der Waals surface area contributed by atoms with Crippen molar-refractivity contribution in [2.75, 3.05) is 6.54 Å². The standard InChI is InChI=1S/C17H32N2/c1-2-14(12-13-9-10-13)19-17-8-5-6-15(17)16-7-3-4-11-18-16/h13-19H,2-12H2,1H3. The summed E-state index contributed by atoms with van der Waals surface area (Å²) in [7, 11) is 0. The fourth-order valence-electron chi connectivity index (χ4n) is 4.33. The molecule has 0 aromatic carbocycles. The zero-order valence-corrected chi connectivity index (χ0v) is 12.7. The highest BCUT2D eigenvalue weighted by molar-refractivity contribution is 4.94. The van der Waals surface area contributed by atoms with Gasteiger partial charge in [-0.15, -0.1) is 0 Å². The Bertz CT molecular complexity index is 268. The Balaban J connectivity index is 1.52. The molecular weight excluding hydrogens is 232 g/mol. The highest BCUT2D eigenvalue weighted by atomic mass is 15.0. The van der Waals surface area contributed by atoms with Crippen molar-refractivity contribution in [3.05, 3.63) is 0 Å². The van der Waals surface area contributed by atoms with Crippen molar-refractivity contribution in [3.63, 3.8) is 0 Å². The molecule has 0 radical (unpaired) electrons. The Kier molecular flexibility index (Phi) is 4.81. The average molecular weight is 264 g/mol. The third-order valence-corrected chi connectivity index (χ3v) is 5.69. The molecule has 0 aromatic heterocycles. The van der Waals surface area contributed by atoms with Crippen molar-refractivity contribution in [2.45, 2.75) is 89.3 Å². The second-order valence-corrected chi connectivity index (χ2v) is 7.21. The Morgan fingerprint density at radius 2 is 1.95 bits per heavy atom. The minimum Gasteiger partial charge on any atom is -0.314 e. The molecule has 2 nitrogen and oxygen atoms in total. The molecule has 2 heteroatoms. The summed E-state index contributed by atoms with van der Waals surface area (Å²) >= 11 is 0. The number of nitrogens with one attached hydrogen (secondary N) is 2. The summed E-state index contributed by atoms with van der Waals surface area (Å²) in [6.07, 6.45) is 14.3. The Morgan fingerprint density at radius 3 is 2.63 bits per heavy atom. The Hall–Kier alpha value is -0.0800. The molecule has 2 saturated carbocycles. The van der Waals surface area contributed by atoms with Gasteiger partial charge in [-0.2, -0.15) is 0 Å². The fourth-order valence-corrected chi connectivity index (χ4v) is 4.33. The van der Waals surface area contributed by atoms with Crippen LogP contribution in [0.4, 0.5) is 0 Å². The second kappa shape index (κ2) is 6.58. The summed E-state index contributed by atoms with van der Waals surface area (Å²) < 4.78 is 0. The van der Waals surface area contributed by atoms with E-state index in [0.29, 0.717) is 0 Å². The molecule has 0 spiro atoms. The number of hydrogen-bond acceptors (Lipinski definition) is 2. The van der Waals surface area contributed by atoms with Gasteiger partial charge in [0.05, 0.1) is 0 Å². The molecule has 2 N–H and O–H groups in total. The molecule has 0 bridgehead atoms. The average Bonchev–Trinajstić information content (AvgIpc) is 3.15. The van der Waals surface area contributed by atoms with Gasteiger partial charge in [-0.1, -0.05) is 32.6 Å². The first-order valence-corrected chi connectivity index (χ1v) is 8.86. The molecule has 110 valence electrons. The van der Waals surface area contributed by atoms with E-state index in [4.69, 9.17) is 0 Å². The van der Waals surface area contributed by atoms with Gasteiger partial charge >= 0.3 is 0 Å². The predicted molar refractivity (Wildman–Crippen MR) is 81.3 cm³/mol. The molecule has 4 atom stereocenters. The SMILES string of the molecule is CCC(CC1CC1)NC1CCCC1C1CCCCN1. The summed E-state index contributed by atoms with van der Waals surface area (Å²) in [5.74, 6) is 1.97. The van der Waals surface area contributed by atoms with Crippen LogP contribution in [0.5, 0.6) is 0 Å². The number of hydrogen-bond donors (Lipinski definition) is 2. The molecule has 2 aliphatic carbocycles.